The average molecular weight is 269 g/mol. The zero-order valence-electron chi connectivity index (χ0n) is 11.5. The molecule has 0 saturated carbocycles. The molecule has 0 aliphatic heterocycles. The first-order chi connectivity index (χ1) is 8.97. The molecule has 0 amide bonds. The molecule has 5 heteroatoms. The number of carbonyl (C=O) groups is 1. The second-order valence-electron chi connectivity index (χ2n) is 4.59. The van der Waals surface area contributed by atoms with E-state index in [0.29, 0.717) is 17.9 Å². The van der Waals surface area contributed by atoms with Crippen molar-refractivity contribution in [1.82, 2.24) is 4.90 Å². The van der Waals surface area contributed by atoms with Crippen LogP contribution in [0.5, 0.6) is 5.75 Å². The summed E-state index contributed by atoms with van der Waals surface area (Å²) in [6.07, 6.45) is 1.80. The fraction of sp³-hybridized carbons (Fsp3) is 0.500. The maximum atomic E-state index is 13.3. The highest BCUT2D eigenvalue weighted by molar-refractivity contribution is 5.76. The second-order valence-corrected chi connectivity index (χ2v) is 4.59. The van der Waals surface area contributed by atoms with E-state index in [9.17, 15) is 14.3 Å². The highest BCUT2D eigenvalue weighted by Gasteiger charge is 2.25. The first-order valence-electron chi connectivity index (χ1n) is 6.28. The normalized spacial score (nSPS) is 12.5. The molecule has 0 aliphatic carbocycles. The third kappa shape index (κ3) is 4.21. The molecule has 0 fully saturated rings. The second kappa shape index (κ2) is 7.09. The molecule has 1 N–H and O–H groups in total. The van der Waals surface area contributed by atoms with Crippen LogP contribution in [0.2, 0.25) is 0 Å². The predicted octanol–water partition coefficient (Wildman–Crippen LogP) is 2.69. The monoisotopic (exact) mass is 269 g/mol. The van der Waals surface area contributed by atoms with E-state index in [1.165, 1.54) is 18.2 Å². The Morgan fingerprint density at radius 2 is 2.16 bits per heavy atom. The number of hydrogen-bond acceptors (Lipinski definition) is 3. The Balaban J connectivity index is 3.06. The molecule has 1 rings (SSSR count). The number of unbranched alkanes of at least 4 members (excludes halogenated alkanes) is 1. The Morgan fingerprint density at radius 3 is 2.68 bits per heavy atom. The molecule has 1 aromatic rings. The molecule has 0 unspecified atom stereocenters. The Labute approximate surface area is 112 Å². The van der Waals surface area contributed by atoms with Gasteiger partial charge in [0.2, 0.25) is 0 Å². The van der Waals surface area contributed by atoms with Crippen LogP contribution >= 0.6 is 0 Å². The van der Waals surface area contributed by atoms with Crippen molar-refractivity contribution in [2.24, 2.45) is 0 Å². The molecule has 0 aromatic heterocycles. The molecule has 1 atom stereocenters. The number of hydrogen-bond donors (Lipinski definition) is 1. The molecule has 0 saturated heterocycles. The Bertz CT molecular complexity index is 435. The topological polar surface area (TPSA) is 49.8 Å². The lowest BCUT2D eigenvalue weighted by molar-refractivity contribution is -0.142. The van der Waals surface area contributed by atoms with Crippen molar-refractivity contribution in [3.05, 3.63) is 29.6 Å². The number of carboxylic acid groups (broad SMARTS) is 1. The number of aliphatic carboxylic acids is 1. The van der Waals surface area contributed by atoms with E-state index in [-0.39, 0.29) is 0 Å². The SMILES string of the molecule is CCCCOc1cc(F)ccc1[C@H](C(=O)O)N(C)C. The van der Waals surface area contributed by atoms with Crippen LogP contribution in [0, 0.1) is 5.82 Å². The van der Waals surface area contributed by atoms with Crippen molar-refractivity contribution in [2.45, 2.75) is 25.8 Å². The van der Waals surface area contributed by atoms with Gasteiger partial charge in [0.1, 0.15) is 17.6 Å². The van der Waals surface area contributed by atoms with Crippen molar-refractivity contribution in [1.29, 1.82) is 0 Å². The van der Waals surface area contributed by atoms with Crippen LogP contribution in [0.15, 0.2) is 18.2 Å². The zero-order chi connectivity index (χ0) is 14.4. The Hall–Kier alpha value is -1.62. The molecule has 0 heterocycles. The van der Waals surface area contributed by atoms with Gasteiger partial charge in [-0.2, -0.15) is 0 Å². The molecule has 0 aliphatic rings. The standard InChI is InChI=1S/C14H20FNO3/c1-4-5-8-19-12-9-10(15)6-7-11(12)13(14(17)18)16(2)3/h6-7,9,13H,4-5,8H2,1-3H3,(H,17,18)/t13-/m1/s1. The number of halogens is 1. The van der Waals surface area contributed by atoms with Gasteiger partial charge in [-0.15, -0.1) is 0 Å². The van der Waals surface area contributed by atoms with Gasteiger partial charge in [0.05, 0.1) is 6.61 Å². The lowest BCUT2D eigenvalue weighted by atomic mass is 10.0. The van der Waals surface area contributed by atoms with Gasteiger partial charge in [-0.25, -0.2) is 4.39 Å². The minimum atomic E-state index is -0.989. The smallest absolute Gasteiger partial charge is 0.325 e. The minimum absolute atomic E-state index is 0.301. The van der Waals surface area contributed by atoms with Gasteiger partial charge >= 0.3 is 5.97 Å². The third-order valence-corrected chi connectivity index (χ3v) is 2.78. The lowest BCUT2D eigenvalue weighted by Gasteiger charge is -2.23. The van der Waals surface area contributed by atoms with Gasteiger partial charge in [0, 0.05) is 11.6 Å². The van der Waals surface area contributed by atoms with Crippen molar-refractivity contribution in [3.63, 3.8) is 0 Å². The van der Waals surface area contributed by atoms with E-state index < -0.39 is 17.8 Å². The molecule has 0 radical (unpaired) electrons. The summed E-state index contributed by atoms with van der Waals surface area (Å²) < 4.78 is 18.8. The van der Waals surface area contributed by atoms with Crippen molar-refractivity contribution in [3.8, 4) is 5.75 Å². The van der Waals surface area contributed by atoms with Crippen molar-refractivity contribution in [2.75, 3.05) is 20.7 Å². The molecule has 19 heavy (non-hydrogen) atoms. The van der Waals surface area contributed by atoms with E-state index in [4.69, 9.17) is 4.74 Å². The van der Waals surface area contributed by atoms with E-state index >= 15 is 0 Å². The number of carboxylic acids is 1. The van der Waals surface area contributed by atoms with Gasteiger partial charge in [-0.3, -0.25) is 9.69 Å². The van der Waals surface area contributed by atoms with Crippen LogP contribution in [0.3, 0.4) is 0 Å². The van der Waals surface area contributed by atoms with Gasteiger partial charge in [0.15, 0.2) is 0 Å². The first kappa shape index (κ1) is 15.4. The maximum Gasteiger partial charge on any atom is 0.325 e. The van der Waals surface area contributed by atoms with Crippen LogP contribution in [0.4, 0.5) is 4.39 Å². The highest BCUT2D eigenvalue weighted by Crippen LogP contribution is 2.29. The fourth-order valence-corrected chi connectivity index (χ4v) is 1.82. The fourth-order valence-electron chi connectivity index (χ4n) is 1.82. The van der Waals surface area contributed by atoms with Crippen molar-refractivity contribution < 1.29 is 19.0 Å². The summed E-state index contributed by atoms with van der Waals surface area (Å²) in [7, 11) is 3.33. The molecular weight excluding hydrogens is 249 g/mol. The van der Waals surface area contributed by atoms with Crippen LogP contribution in [0.1, 0.15) is 31.4 Å². The Kier molecular flexibility index (Phi) is 5.76. The molecular formula is C14H20FNO3. The molecule has 4 nitrogen and oxygen atoms in total. The van der Waals surface area contributed by atoms with Crippen LogP contribution in [0.25, 0.3) is 0 Å². The van der Waals surface area contributed by atoms with Crippen molar-refractivity contribution >= 4 is 5.97 Å². The number of nitrogens with zero attached hydrogens (tertiary/aromatic N) is 1. The number of rotatable bonds is 7. The van der Waals surface area contributed by atoms with Gasteiger partial charge in [-0.05, 0) is 26.6 Å². The Morgan fingerprint density at radius 1 is 1.47 bits per heavy atom. The van der Waals surface area contributed by atoms with E-state index in [0.717, 1.165) is 12.8 Å². The summed E-state index contributed by atoms with van der Waals surface area (Å²) in [6, 6.07) is 3.11. The number of likely N-dealkylation sites (N-methyl/N-ethyl adjacent to an activating group) is 1. The summed E-state index contributed by atoms with van der Waals surface area (Å²) in [5, 5.41) is 9.27. The average Bonchev–Trinajstić information content (AvgIpc) is 2.31. The molecule has 0 bridgehead atoms. The third-order valence-electron chi connectivity index (χ3n) is 2.78. The minimum Gasteiger partial charge on any atom is -0.493 e. The zero-order valence-corrected chi connectivity index (χ0v) is 11.5. The predicted molar refractivity (Wildman–Crippen MR) is 70.9 cm³/mol. The van der Waals surface area contributed by atoms with Gasteiger partial charge < -0.3 is 9.84 Å². The quantitative estimate of drug-likeness (QED) is 0.773. The highest BCUT2D eigenvalue weighted by atomic mass is 19.1. The summed E-state index contributed by atoms with van der Waals surface area (Å²) in [6.45, 7) is 2.47. The summed E-state index contributed by atoms with van der Waals surface area (Å²) in [5.41, 5.74) is 0.468. The molecule has 0 spiro atoms. The molecule has 106 valence electrons. The van der Waals surface area contributed by atoms with Gasteiger partial charge in [0.25, 0.3) is 0 Å². The summed E-state index contributed by atoms with van der Waals surface area (Å²) in [4.78, 5) is 12.9. The summed E-state index contributed by atoms with van der Waals surface area (Å²) >= 11 is 0. The summed E-state index contributed by atoms with van der Waals surface area (Å²) in [5.74, 6) is -1.12. The number of ether oxygens (including phenoxy) is 1. The van der Waals surface area contributed by atoms with E-state index in [1.807, 2.05) is 6.92 Å². The van der Waals surface area contributed by atoms with Gasteiger partial charge in [-0.1, -0.05) is 19.4 Å². The van der Waals surface area contributed by atoms with E-state index in [2.05, 4.69) is 0 Å². The largest absolute Gasteiger partial charge is 0.493 e. The van der Waals surface area contributed by atoms with Crippen LogP contribution < -0.4 is 4.74 Å². The van der Waals surface area contributed by atoms with Crippen LogP contribution in [-0.2, 0) is 4.79 Å². The lowest BCUT2D eigenvalue weighted by Crippen LogP contribution is -2.28. The van der Waals surface area contributed by atoms with Crippen LogP contribution in [-0.4, -0.2) is 36.7 Å². The maximum absolute atomic E-state index is 13.3. The molecule has 1 aromatic carbocycles. The number of benzene rings is 1. The first-order valence-corrected chi connectivity index (χ1v) is 6.28. The van der Waals surface area contributed by atoms with E-state index in [1.54, 1.807) is 19.0 Å².